The molecular formula is C14H13Cl2F3N2O2. The van der Waals surface area contributed by atoms with E-state index in [1.54, 1.807) is 12.1 Å². The lowest BCUT2D eigenvalue weighted by Gasteiger charge is -2.18. The molecule has 1 aromatic carbocycles. The Kier molecular flexibility index (Phi) is 5.41. The van der Waals surface area contributed by atoms with Gasteiger partial charge in [-0.15, -0.1) is 0 Å². The Morgan fingerprint density at radius 2 is 2.04 bits per heavy atom. The molecule has 1 saturated heterocycles. The van der Waals surface area contributed by atoms with Crippen LogP contribution in [0.3, 0.4) is 0 Å². The molecule has 1 heterocycles. The molecule has 1 unspecified atom stereocenters. The Balaban J connectivity index is 1.90. The maximum atomic E-state index is 12.3. The van der Waals surface area contributed by atoms with E-state index in [9.17, 15) is 22.8 Å². The van der Waals surface area contributed by atoms with Gasteiger partial charge in [-0.3, -0.25) is 9.59 Å². The van der Waals surface area contributed by atoms with Crippen molar-refractivity contribution in [3.63, 3.8) is 0 Å². The average Bonchev–Trinajstić information content (AvgIpc) is 2.77. The quantitative estimate of drug-likeness (QED) is 0.887. The number of nitrogens with zero attached hydrogens (tertiary/aromatic N) is 1. The number of carbonyl (C=O) groups excluding carboxylic acids is 2. The number of alkyl halides is 3. The Morgan fingerprint density at radius 1 is 1.35 bits per heavy atom. The van der Waals surface area contributed by atoms with Crippen molar-refractivity contribution in [1.29, 1.82) is 0 Å². The van der Waals surface area contributed by atoms with Crippen molar-refractivity contribution in [2.24, 2.45) is 5.92 Å². The minimum atomic E-state index is -4.47. The van der Waals surface area contributed by atoms with Crippen molar-refractivity contribution < 1.29 is 22.8 Å². The van der Waals surface area contributed by atoms with Gasteiger partial charge in [0.05, 0.1) is 5.92 Å². The van der Waals surface area contributed by atoms with E-state index in [2.05, 4.69) is 5.32 Å². The lowest BCUT2D eigenvalue weighted by atomic mass is 10.1. The van der Waals surface area contributed by atoms with Crippen LogP contribution >= 0.6 is 23.2 Å². The number of nitrogens with one attached hydrogen (secondary N) is 1. The molecule has 1 N–H and O–H groups in total. The van der Waals surface area contributed by atoms with Gasteiger partial charge in [-0.2, -0.15) is 13.2 Å². The monoisotopic (exact) mass is 368 g/mol. The predicted octanol–water partition coefficient (Wildman–Crippen LogP) is 3.02. The van der Waals surface area contributed by atoms with E-state index in [0.29, 0.717) is 20.5 Å². The standard InChI is InChI=1S/C14H13Cl2F3N2O2/c15-10-2-1-8(11(16)4-10)5-20-13(23)9-3-12(22)21(6-9)7-14(17,18)19/h1-2,4,9H,3,5-7H2,(H,20,23). The van der Waals surface area contributed by atoms with Crippen LogP contribution < -0.4 is 5.32 Å². The van der Waals surface area contributed by atoms with Gasteiger partial charge in [0.1, 0.15) is 6.54 Å². The Labute approximate surface area is 140 Å². The lowest BCUT2D eigenvalue weighted by Crippen LogP contribution is -2.37. The van der Waals surface area contributed by atoms with Gasteiger partial charge in [0.25, 0.3) is 0 Å². The summed E-state index contributed by atoms with van der Waals surface area (Å²) in [5.41, 5.74) is 0.626. The van der Waals surface area contributed by atoms with E-state index >= 15 is 0 Å². The van der Waals surface area contributed by atoms with E-state index in [-0.39, 0.29) is 19.5 Å². The van der Waals surface area contributed by atoms with E-state index < -0.39 is 30.5 Å². The van der Waals surface area contributed by atoms with Crippen molar-refractivity contribution >= 4 is 35.0 Å². The lowest BCUT2D eigenvalue weighted by molar-refractivity contribution is -0.157. The number of hydrogen-bond acceptors (Lipinski definition) is 2. The van der Waals surface area contributed by atoms with Crippen molar-refractivity contribution in [3.05, 3.63) is 33.8 Å². The number of likely N-dealkylation sites (tertiary alicyclic amines) is 1. The zero-order valence-electron chi connectivity index (χ0n) is 11.8. The van der Waals surface area contributed by atoms with Gasteiger partial charge in [0, 0.05) is 29.6 Å². The first-order valence-corrected chi connectivity index (χ1v) is 7.47. The Bertz CT molecular complexity index is 623. The van der Waals surface area contributed by atoms with Crippen LogP contribution in [0.25, 0.3) is 0 Å². The highest BCUT2D eigenvalue weighted by Gasteiger charge is 2.40. The molecule has 0 spiro atoms. The number of hydrogen-bond donors (Lipinski definition) is 1. The van der Waals surface area contributed by atoms with Crippen LogP contribution in [0.15, 0.2) is 18.2 Å². The van der Waals surface area contributed by atoms with E-state index in [4.69, 9.17) is 23.2 Å². The smallest absolute Gasteiger partial charge is 0.352 e. The fourth-order valence-electron chi connectivity index (χ4n) is 2.31. The second kappa shape index (κ2) is 6.97. The highest BCUT2D eigenvalue weighted by atomic mass is 35.5. The molecule has 0 radical (unpaired) electrons. The first kappa shape index (κ1) is 17.9. The number of rotatable bonds is 4. The molecule has 1 aromatic rings. The van der Waals surface area contributed by atoms with Crippen molar-refractivity contribution in [2.45, 2.75) is 19.1 Å². The number of benzene rings is 1. The maximum Gasteiger partial charge on any atom is 0.406 e. The van der Waals surface area contributed by atoms with Gasteiger partial charge in [-0.25, -0.2) is 0 Å². The summed E-state index contributed by atoms with van der Waals surface area (Å²) in [5, 5.41) is 3.41. The summed E-state index contributed by atoms with van der Waals surface area (Å²) in [7, 11) is 0. The fraction of sp³-hybridized carbons (Fsp3) is 0.429. The fourth-order valence-corrected chi connectivity index (χ4v) is 2.78. The van der Waals surface area contributed by atoms with Crippen LogP contribution in [-0.2, 0) is 16.1 Å². The van der Waals surface area contributed by atoms with Gasteiger partial charge in [-0.05, 0) is 17.7 Å². The summed E-state index contributed by atoms with van der Waals surface area (Å²) in [6.07, 6.45) is -4.70. The molecule has 0 aliphatic carbocycles. The average molecular weight is 369 g/mol. The molecule has 0 aromatic heterocycles. The summed E-state index contributed by atoms with van der Waals surface area (Å²) in [6.45, 7) is -1.46. The van der Waals surface area contributed by atoms with Gasteiger partial charge in [0.15, 0.2) is 0 Å². The molecule has 9 heteroatoms. The third-order valence-corrected chi connectivity index (χ3v) is 4.01. The number of amides is 2. The maximum absolute atomic E-state index is 12.3. The van der Waals surface area contributed by atoms with Crippen molar-refractivity contribution in [2.75, 3.05) is 13.1 Å². The minimum absolute atomic E-state index is 0.110. The molecule has 1 aliphatic rings. The third kappa shape index (κ3) is 5.00. The molecule has 0 saturated carbocycles. The molecule has 1 atom stereocenters. The molecule has 1 fully saturated rings. The van der Waals surface area contributed by atoms with Gasteiger partial charge >= 0.3 is 6.18 Å². The largest absolute Gasteiger partial charge is 0.406 e. The molecule has 2 rings (SSSR count). The van der Waals surface area contributed by atoms with Crippen LogP contribution in [0.2, 0.25) is 10.0 Å². The van der Waals surface area contributed by atoms with Crippen LogP contribution in [0.5, 0.6) is 0 Å². The van der Waals surface area contributed by atoms with Crippen LogP contribution in [-0.4, -0.2) is 36.0 Å². The SMILES string of the molecule is O=C(NCc1ccc(Cl)cc1Cl)C1CC(=O)N(CC(F)(F)F)C1. The van der Waals surface area contributed by atoms with Gasteiger partial charge in [-0.1, -0.05) is 29.3 Å². The third-order valence-electron chi connectivity index (χ3n) is 3.42. The molecule has 2 amide bonds. The van der Waals surface area contributed by atoms with Crippen molar-refractivity contribution in [1.82, 2.24) is 10.2 Å². The number of halogens is 5. The molecule has 4 nitrogen and oxygen atoms in total. The molecule has 23 heavy (non-hydrogen) atoms. The van der Waals surface area contributed by atoms with Crippen LogP contribution in [0, 0.1) is 5.92 Å². The first-order chi connectivity index (χ1) is 10.7. The topological polar surface area (TPSA) is 49.4 Å². The number of carbonyl (C=O) groups is 2. The van der Waals surface area contributed by atoms with Crippen LogP contribution in [0.1, 0.15) is 12.0 Å². The second-order valence-electron chi connectivity index (χ2n) is 5.24. The predicted molar refractivity (Wildman–Crippen MR) is 79.1 cm³/mol. The highest BCUT2D eigenvalue weighted by Crippen LogP contribution is 2.24. The summed E-state index contributed by atoms with van der Waals surface area (Å²) in [6, 6.07) is 4.77. The zero-order chi connectivity index (χ0) is 17.2. The summed E-state index contributed by atoms with van der Waals surface area (Å²) in [4.78, 5) is 24.2. The molecular weight excluding hydrogens is 356 g/mol. The summed E-state index contributed by atoms with van der Waals surface area (Å²) in [5.74, 6) is -1.95. The summed E-state index contributed by atoms with van der Waals surface area (Å²) >= 11 is 11.7. The highest BCUT2D eigenvalue weighted by molar-refractivity contribution is 6.35. The van der Waals surface area contributed by atoms with E-state index in [1.165, 1.54) is 6.07 Å². The Morgan fingerprint density at radius 3 is 2.65 bits per heavy atom. The van der Waals surface area contributed by atoms with Crippen LogP contribution in [0.4, 0.5) is 13.2 Å². The minimum Gasteiger partial charge on any atom is -0.352 e. The summed E-state index contributed by atoms with van der Waals surface area (Å²) < 4.78 is 37.0. The van der Waals surface area contributed by atoms with Crippen molar-refractivity contribution in [3.8, 4) is 0 Å². The van der Waals surface area contributed by atoms with E-state index in [0.717, 1.165) is 0 Å². The van der Waals surface area contributed by atoms with E-state index in [1.807, 2.05) is 0 Å². The van der Waals surface area contributed by atoms with Gasteiger partial charge in [0.2, 0.25) is 11.8 Å². The Hall–Kier alpha value is -1.47. The van der Waals surface area contributed by atoms with Gasteiger partial charge < -0.3 is 10.2 Å². The normalized spacial score (nSPS) is 18.4. The zero-order valence-corrected chi connectivity index (χ0v) is 13.3. The molecule has 0 bridgehead atoms. The molecule has 126 valence electrons. The second-order valence-corrected chi connectivity index (χ2v) is 6.09. The first-order valence-electron chi connectivity index (χ1n) is 6.72. The molecule has 1 aliphatic heterocycles.